The lowest BCUT2D eigenvalue weighted by Crippen LogP contribution is -2.17. The summed E-state index contributed by atoms with van der Waals surface area (Å²) in [6.45, 7) is 4.03. The maximum Gasteiger partial charge on any atom is 0.275 e. The topological polar surface area (TPSA) is 66.6 Å². The van der Waals surface area contributed by atoms with Crippen molar-refractivity contribution in [2.24, 2.45) is 5.10 Å². The lowest BCUT2D eigenvalue weighted by Gasteiger charge is -2.09. The summed E-state index contributed by atoms with van der Waals surface area (Å²) in [6.07, 6.45) is 1.62. The van der Waals surface area contributed by atoms with E-state index in [2.05, 4.69) is 31.0 Å². The van der Waals surface area contributed by atoms with E-state index in [-0.39, 0.29) is 11.3 Å². The van der Waals surface area contributed by atoms with Crippen molar-refractivity contribution in [3.63, 3.8) is 0 Å². The van der Waals surface area contributed by atoms with E-state index < -0.39 is 5.91 Å². The molecule has 0 radical (unpaired) electrons. The van der Waals surface area contributed by atoms with Gasteiger partial charge >= 0.3 is 0 Å². The maximum absolute atomic E-state index is 12.5. The van der Waals surface area contributed by atoms with E-state index in [0.29, 0.717) is 0 Å². The molecule has 1 heterocycles. The molecule has 5 nitrogen and oxygen atoms in total. The van der Waals surface area contributed by atoms with Crippen LogP contribution < -0.4 is 5.43 Å². The monoisotopic (exact) mass is 461 g/mol. The Hall–Kier alpha value is -3.38. The van der Waals surface area contributed by atoms with Crippen LogP contribution in [0.15, 0.2) is 76.3 Å². The Morgan fingerprint density at radius 3 is 2.40 bits per heavy atom. The van der Waals surface area contributed by atoms with Crippen LogP contribution in [0, 0.1) is 13.8 Å². The number of rotatable bonds is 4. The Morgan fingerprint density at radius 1 is 1.03 bits per heavy atom. The van der Waals surface area contributed by atoms with Gasteiger partial charge in [-0.1, -0.05) is 40.2 Å². The number of halogens is 1. The van der Waals surface area contributed by atoms with Crippen LogP contribution >= 0.6 is 15.9 Å². The molecule has 4 rings (SSSR count). The Balaban J connectivity index is 1.55. The lowest BCUT2D eigenvalue weighted by molar-refractivity contribution is 0.0952. The van der Waals surface area contributed by atoms with E-state index in [9.17, 15) is 9.90 Å². The van der Waals surface area contributed by atoms with Crippen molar-refractivity contribution in [2.75, 3.05) is 0 Å². The second-order valence-corrected chi connectivity index (χ2v) is 7.97. The summed E-state index contributed by atoms with van der Waals surface area (Å²) in [4.78, 5) is 12.5. The maximum atomic E-state index is 12.5. The largest absolute Gasteiger partial charge is 0.507 e. The van der Waals surface area contributed by atoms with Crippen molar-refractivity contribution in [1.29, 1.82) is 0 Å². The van der Waals surface area contributed by atoms with Gasteiger partial charge in [0.1, 0.15) is 5.75 Å². The van der Waals surface area contributed by atoms with Gasteiger partial charge in [0.15, 0.2) is 0 Å². The molecule has 4 aromatic rings. The number of hydrogen-bond acceptors (Lipinski definition) is 3. The molecular weight excluding hydrogens is 442 g/mol. The smallest absolute Gasteiger partial charge is 0.275 e. The van der Waals surface area contributed by atoms with Crippen LogP contribution in [-0.4, -0.2) is 21.8 Å². The standard InChI is InChI=1S/C24H20BrN3O2/c1-15-11-19(16(2)28(15)21-9-7-20(25)8-10-21)14-26-27-24(30)22-12-17-5-3-4-6-18(17)13-23(22)29/h3-14,29H,1-2H3,(H,27,30)/b26-14-. The molecule has 1 aromatic heterocycles. The number of amides is 1. The third-order valence-electron chi connectivity index (χ3n) is 5.03. The molecule has 0 fully saturated rings. The van der Waals surface area contributed by atoms with Gasteiger partial charge in [-0.25, -0.2) is 5.43 Å². The van der Waals surface area contributed by atoms with Gasteiger partial charge in [-0.15, -0.1) is 0 Å². The first kappa shape index (κ1) is 19.9. The molecule has 6 heteroatoms. The van der Waals surface area contributed by atoms with Gasteiger partial charge in [-0.2, -0.15) is 5.10 Å². The van der Waals surface area contributed by atoms with E-state index in [1.165, 1.54) is 0 Å². The quantitative estimate of drug-likeness (QED) is 0.312. The predicted octanol–water partition coefficient (Wildman–Crippen LogP) is 5.48. The first-order chi connectivity index (χ1) is 14.4. The fraction of sp³-hybridized carbons (Fsp3) is 0.0833. The highest BCUT2D eigenvalue weighted by Gasteiger charge is 2.13. The molecule has 0 spiro atoms. The summed E-state index contributed by atoms with van der Waals surface area (Å²) in [5.41, 5.74) is 6.73. The SMILES string of the molecule is Cc1cc(/C=N\NC(=O)c2cc3ccccc3cc2O)c(C)n1-c1ccc(Br)cc1. The van der Waals surface area contributed by atoms with Gasteiger partial charge in [0.25, 0.3) is 5.91 Å². The van der Waals surface area contributed by atoms with E-state index in [1.807, 2.05) is 68.4 Å². The van der Waals surface area contributed by atoms with Gasteiger partial charge in [0, 0.05) is 27.1 Å². The minimum absolute atomic E-state index is 0.0742. The van der Waals surface area contributed by atoms with Crippen molar-refractivity contribution in [3.8, 4) is 11.4 Å². The van der Waals surface area contributed by atoms with Gasteiger partial charge in [0.05, 0.1) is 11.8 Å². The molecular formula is C24H20BrN3O2. The number of benzene rings is 3. The highest BCUT2D eigenvalue weighted by Crippen LogP contribution is 2.25. The second kappa shape index (κ2) is 8.16. The zero-order valence-corrected chi connectivity index (χ0v) is 18.1. The number of aryl methyl sites for hydroxylation is 1. The predicted molar refractivity (Wildman–Crippen MR) is 124 cm³/mol. The number of hydrogen-bond donors (Lipinski definition) is 2. The molecule has 150 valence electrons. The summed E-state index contributed by atoms with van der Waals surface area (Å²) < 4.78 is 3.15. The molecule has 0 saturated carbocycles. The molecule has 30 heavy (non-hydrogen) atoms. The van der Waals surface area contributed by atoms with Gasteiger partial charge in [0.2, 0.25) is 0 Å². The molecule has 1 amide bonds. The van der Waals surface area contributed by atoms with E-state index in [0.717, 1.165) is 37.9 Å². The zero-order valence-electron chi connectivity index (χ0n) is 16.6. The van der Waals surface area contributed by atoms with Crippen LogP contribution in [0.1, 0.15) is 27.3 Å². The highest BCUT2D eigenvalue weighted by molar-refractivity contribution is 9.10. The van der Waals surface area contributed by atoms with Crippen molar-refractivity contribution in [1.82, 2.24) is 9.99 Å². The Morgan fingerprint density at radius 2 is 1.70 bits per heavy atom. The Bertz CT molecular complexity index is 1270. The molecule has 0 aliphatic rings. The number of hydrazone groups is 1. The molecule has 0 bridgehead atoms. The summed E-state index contributed by atoms with van der Waals surface area (Å²) in [7, 11) is 0. The minimum Gasteiger partial charge on any atom is -0.507 e. The fourth-order valence-electron chi connectivity index (χ4n) is 3.54. The molecule has 2 N–H and O–H groups in total. The lowest BCUT2D eigenvalue weighted by atomic mass is 10.1. The number of fused-ring (bicyclic) bond motifs is 1. The number of phenols is 1. The summed E-state index contributed by atoms with van der Waals surface area (Å²) >= 11 is 3.46. The van der Waals surface area contributed by atoms with E-state index in [1.54, 1.807) is 18.3 Å². The van der Waals surface area contributed by atoms with Crippen LogP contribution in [0.5, 0.6) is 5.75 Å². The zero-order chi connectivity index (χ0) is 21.3. The number of nitrogens with zero attached hydrogens (tertiary/aromatic N) is 2. The summed E-state index contributed by atoms with van der Waals surface area (Å²) in [5.74, 6) is -0.536. The molecule has 0 saturated heterocycles. The third-order valence-corrected chi connectivity index (χ3v) is 5.56. The Kier molecular flexibility index (Phi) is 5.42. The van der Waals surface area contributed by atoms with Crippen molar-refractivity contribution < 1.29 is 9.90 Å². The summed E-state index contributed by atoms with van der Waals surface area (Å²) in [6, 6.07) is 20.9. The van der Waals surface area contributed by atoms with Gasteiger partial charge in [-0.05, 0) is 67.1 Å². The number of aromatic nitrogens is 1. The number of nitrogens with one attached hydrogen (secondary N) is 1. The first-order valence-corrected chi connectivity index (χ1v) is 10.2. The minimum atomic E-state index is -0.462. The van der Waals surface area contributed by atoms with Crippen LogP contribution in [0.3, 0.4) is 0 Å². The Labute approximate surface area is 182 Å². The molecule has 0 atom stereocenters. The summed E-state index contributed by atoms with van der Waals surface area (Å²) in [5, 5.41) is 16.1. The van der Waals surface area contributed by atoms with Crippen LogP contribution in [0.25, 0.3) is 16.5 Å². The number of phenolic OH excluding ortho intramolecular Hbond substituents is 1. The second-order valence-electron chi connectivity index (χ2n) is 7.05. The van der Waals surface area contributed by atoms with Crippen molar-refractivity contribution in [2.45, 2.75) is 13.8 Å². The van der Waals surface area contributed by atoms with E-state index in [4.69, 9.17) is 0 Å². The van der Waals surface area contributed by atoms with Gasteiger partial charge in [-0.3, -0.25) is 4.79 Å². The number of aromatic hydroxyl groups is 1. The molecule has 0 aliphatic carbocycles. The van der Waals surface area contributed by atoms with Crippen LogP contribution in [0.2, 0.25) is 0 Å². The first-order valence-electron chi connectivity index (χ1n) is 9.44. The number of carbonyl (C=O) groups excluding carboxylic acids is 1. The van der Waals surface area contributed by atoms with Crippen LogP contribution in [0.4, 0.5) is 0 Å². The normalized spacial score (nSPS) is 11.3. The van der Waals surface area contributed by atoms with Crippen molar-refractivity contribution in [3.05, 3.63) is 93.7 Å². The molecule has 0 unspecified atom stereocenters. The van der Waals surface area contributed by atoms with Crippen molar-refractivity contribution >= 4 is 38.8 Å². The number of carbonyl (C=O) groups is 1. The molecule has 0 aliphatic heterocycles. The van der Waals surface area contributed by atoms with Crippen LogP contribution in [-0.2, 0) is 0 Å². The average molecular weight is 462 g/mol. The highest BCUT2D eigenvalue weighted by atomic mass is 79.9. The van der Waals surface area contributed by atoms with Gasteiger partial charge < -0.3 is 9.67 Å². The molecule has 3 aromatic carbocycles. The van der Waals surface area contributed by atoms with E-state index >= 15 is 0 Å². The average Bonchev–Trinajstić information content (AvgIpc) is 3.01. The fourth-order valence-corrected chi connectivity index (χ4v) is 3.80. The third kappa shape index (κ3) is 3.86.